The minimum absolute atomic E-state index is 0.108. The van der Waals surface area contributed by atoms with Gasteiger partial charge in [0.25, 0.3) is 0 Å². The molecular weight excluding hydrogens is 148 g/mol. The van der Waals surface area contributed by atoms with E-state index in [1.54, 1.807) is 7.11 Å². The fourth-order valence-electron chi connectivity index (χ4n) is 1.55. The largest absolute Gasteiger partial charge is 0.390 e. The number of fused-ring (bicyclic) bond motifs is 2. The van der Waals surface area contributed by atoms with E-state index in [0.29, 0.717) is 13.0 Å². The summed E-state index contributed by atoms with van der Waals surface area (Å²) in [7, 11) is 1.60. The Bertz CT molecular complexity index is 149. The van der Waals surface area contributed by atoms with E-state index in [1.807, 2.05) is 0 Å². The zero-order valence-corrected chi connectivity index (χ0v) is 6.40. The van der Waals surface area contributed by atoms with E-state index in [1.165, 1.54) is 0 Å². The zero-order chi connectivity index (χ0) is 7.84. The van der Waals surface area contributed by atoms with E-state index in [0.717, 1.165) is 0 Å². The van der Waals surface area contributed by atoms with Gasteiger partial charge in [0.15, 0.2) is 6.29 Å². The lowest BCUT2D eigenvalue weighted by Crippen LogP contribution is -2.42. The van der Waals surface area contributed by atoms with E-state index < -0.39 is 6.10 Å². The molecule has 0 aromatic carbocycles. The molecule has 0 aromatic rings. The molecule has 4 heteroatoms. The lowest BCUT2D eigenvalue weighted by Gasteiger charge is -2.29. The van der Waals surface area contributed by atoms with E-state index in [2.05, 4.69) is 0 Å². The topological polar surface area (TPSA) is 47.9 Å². The van der Waals surface area contributed by atoms with Gasteiger partial charge in [0.2, 0.25) is 0 Å². The van der Waals surface area contributed by atoms with Crippen LogP contribution in [0.25, 0.3) is 0 Å². The van der Waals surface area contributed by atoms with Crippen LogP contribution in [0, 0.1) is 0 Å². The summed E-state index contributed by atoms with van der Waals surface area (Å²) in [4.78, 5) is 0. The molecule has 0 radical (unpaired) electrons. The molecule has 2 bridgehead atoms. The van der Waals surface area contributed by atoms with Crippen molar-refractivity contribution in [1.29, 1.82) is 0 Å². The third-order valence-corrected chi connectivity index (χ3v) is 2.24. The molecule has 0 aliphatic carbocycles. The van der Waals surface area contributed by atoms with E-state index >= 15 is 0 Å². The highest BCUT2D eigenvalue weighted by Gasteiger charge is 2.43. The second-order valence-corrected chi connectivity index (χ2v) is 2.95. The summed E-state index contributed by atoms with van der Waals surface area (Å²) in [5.41, 5.74) is 0. The Morgan fingerprint density at radius 3 is 3.09 bits per heavy atom. The standard InChI is InChI=1S/C7H12O4/c1-9-5-2-4(8)6-3-10-7(5)11-6/h4-8H,2-3H2,1H3/t4-,5+,6+,7+/m0/s1. The van der Waals surface area contributed by atoms with Gasteiger partial charge in [-0.25, -0.2) is 0 Å². The maximum absolute atomic E-state index is 9.41. The lowest BCUT2D eigenvalue weighted by molar-refractivity contribution is -0.190. The summed E-state index contributed by atoms with van der Waals surface area (Å²) in [5.74, 6) is 0. The summed E-state index contributed by atoms with van der Waals surface area (Å²) < 4.78 is 15.6. The van der Waals surface area contributed by atoms with Gasteiger partial charge < -0.3 is 19.3 Å². The minimum Gasteiger partial charge on any atom is -0.390 e. The Labute approximate surface area is 65.1 Å². The maximum atomic E-state index is 9.41. The first kappa shape index (κ1) is 7.49. The van der Waals surface area contributed by atoms with Crippen LogP contribution in [0.3, 0.4) is 0 Å². The van der Waals surface area contributed by atoms with E-state index in [9.17, 15) is 5.11 Å². The number of hydrogen-bond donors (Lipinski definition) is 1. The fourth-order valence-corrected chi connectivity index (χ4v) is 1.55. The van der Waals surface area contributed by atoms with Gasteiger partial charge >= 0.3 is 0 Å². The summed E-state index contributed by atoms with van der Waals surface area (Å²) in [6.45, 7) is 0.492. The van der Waals surface area contributed by atoms with Crippen LogP contribution in [0.15, 0.2) is 0 Å². The Balaban J connectivity index is 2.05. The molecule has 0 amide bonds. The molecule has 2 aliphatic heterocycles. The van der Waals surface area contributed by atoms with Crippen LogP contribution in [0.5, 0.6) is 0 Å². The first-order chi connectivity index (χ1) is 5.31. The van der Waals surface area contributed by atoms with Crippen LogP contribution in [0.4, 0.5) is 0 Å². The molecule has 4 nitrogen and oxygen atoms in total. The van der Waals surface area contributed by atoms with Gasteiger partial charge in [-0.3, -0.25) is 0 Å². The highest BCUT2D eigenvalue weighted by Crippen LogP contribution is 2.28. The highest BCUT2D eigenvalue weighted by molar-refractivity contribution is 4.86. The molecule has 64 valence electrons. The van der Waals surface area contributed by atoms with E-state index in [-0.39, 0.29) is 18.5 Å². The Morgan fingerprint density at radius 2 is 2.36 bits per heavy atom. The van der Waals surface area contributed by atoms with Crippen molar-refractivity contribution in [3.63, 3.8) is 0 Å². The molecule has 0 unspecified atom stereocenters. The number of aliphatic hydroxyl groups is 1. The van der Waals surface area contributed by atoms with Crippen LogP contribution in [-0.4, -0.2) is 43.4 Å². The lowest BCUT2D eigenvalue weighted by atomic mass is 10.1. The van der Waals surface area contributed by atoms with E-state index in [4.69, 9.17) is 14.2 Å². The van der Waals surface area contributed by atoms with Gasteiger partial charge in [0, 0.05) is 13.5 Å². The maximum Gasteiger partial charge on any atom is 0.184 e. The van der Waals surface area contributed by atoms with Crippen molar-refractivity contribution in [2.45, 2.75) is 31.0 Å². The van der Waals surface area contributed by atoms with Gasteiger partial charge in [-0.2, -0.15) is 0 Å². The third-order valence-electron chi connectivity index (χ3n) is 2.24. The third kappa shape index (κ3) is 1.16. The monoisotopic (exact) mass is 160 g/mol. The Hall–Kier alpha value is -0.160. The molecule has 4 atom stereocenters. The summed E-state index contributed by atoms with van der Waals surface area (Å²) in [6.07, 6.45) is -0.312. The SMILES string of the molecule is CO[C@@H]1C[C@H](O)[C@H]2CO[C@@H]1O2. The number of methoxy groups -OCH3 is 1. The van der Waals surface area contributed by atoms with Crippen molar-refractivity contribution < 1.29 is 19.3 Å². The minimum atomic E-state index is -0.432. The smallest absolute Gasteiger partial charge is 0.184 e. The molecule has 0 saturated carbocycles. The second-order valence-electron chi connectivity index (χ2n) is 2.95. The number of hydrogen-bond acceptors (Lipinski definition) is 4. The average Bonchev–Trinajstić information content (AvgIpc) is 2.43. The molecule has 1 N–H and O–H groups in total. The van der Waals surface area contributed by atoms with Gasteiger partial charge in [0.05, 0.1) is 12.7 Å². The summed E-state index contributed by atoms with van der Waals surface area (Å²) >= 11 is 0. The van der Waals surface area contributed by atoms with Crippen LogP contribution in [-0.2, 0) is 14.2 Å². The average molecular weight is 160 g/mol. The first-order valence-electron chi connectivity index (χ1n) is 3.79. The summed E-state index contributed by atoms with van der Waals surface area (Å²) in [6, 6.07) is 0. The molecule has 0 aromatic heterocycles. The molecule has 2 aliphatic rings. The molecule has 2 rings (SSSR count). The normalized spacial score (nSPS) is 49.6. The van der Waals surface area contributed by atoms with Crippen molar-refractivity contribution >= 4 is 0 Å². The van der Waals surface area contributed by atoms with Gasteiger partial charge in [-0.15, -0.1) is 0 Å². The predicted octanol–water partition coefficient (Wildman–Crippen LogP) is -0.493. The van der Waals surface area contributed by atoms with Crippen molar-refractivity contribution in [3.8, 4) is 0 Å². The fraction of sp³-hybridized carbons (Fsp3) is 1.00. The quantitative estimate of drug-likeness (QED) is 0.562. The van der Waals surface area contributed by atoms with Crippen LogP contribution in [0.2, 0.25) is 0 Å². The molecule has 2 fully saturated rings. The molecule has 2 heterocycles. The number of rotatable bonds is 1. The predicted molar refractivity (Wildman–Crippen MR) is 36.0 cm³/mol. The molecule has 11 heavy (non-hydrogen) atoms. The first-order valence-corrected chi connectivity index (χ1v) is 3.79. The molecule has 2 saturated heterocycles. The van der Waals surface area contributed by atoms with Gasteiger partial charge in [-0.1, -0.05) is 0 Å². The van der Waals surface area contributed by atoms with Crippen molar-refractivity contribution in [1.82, 2.24) is 0 Å². The van der Waals surface area contributed by atoms with Gasteiger partial charge in [-0.05, 0) is 0 Å². The van der Waals surface area contributed by atoms with Crippen molar-refractivity contribution in [2.75, 3.05) is 13.7 Å². The molecule has 0 spiro atoms. The Kier molecular flexibility index (Phi) is 1.85. The second kappa shape index (κ2) is 2.71. The highest BCUT2D eigenvalue weighted by atomic mass is 16.7. The molecular formula is C7H12O4. The van der Waals surface area contributed by atoms with Crippen molar-refractivity contribution in [2.24, 2.45) is 0 Å². The number of ether oxygens (including phenoxy) is 3. The zero-order valence-electron chi connectivity index (χ0n) is 6.40. The summed E-state index contributed by atoms with van der Waals surface area (Å²) in [5, 5.41) is 9.41. The van der Waals surface area contributed by atoms with Crippen LogP contribution < -0.4 is 0 Å². The Morgan fingerprint density at radius 1 is 1.55 bits per heavy atom. The van der Waals surface area contributed by atoms with Gasteiger partial charge in [0.1, 0.15) is 12.2 Å². The van der Waals surface area contributed by atoms with Crippen LogP contribution in [0.1, 0.15) is 6.42 Å². The van der Waals surface area contributed by atoms with Crippen molar-refractivity contribution in [3.05, 3.63) is 0 Å². The van der Waals surface area contributed by atoms with Crippen LogP contribution >= 0.6 is 0 Å². The number of aliphatic hydroxyl groups excluding tert-OH is 1.